The first-order valence-electron chi connectivity index (χ1n) is 10.7. The molecular weight excluding hydrogens is 445 g/mol. The summed E-state index contributed by atoms with van der Waals surface area (Å²) in [5.41, 5.74) is -2.90. The molecule has 0 N–H and O–H groups in total. The van der Waals surface area contributed by atoms with Gasteiger partial charge in [-0.25, -0.2) is 0 Å². The van der Waals surface area contributed by atoms with Crippen molar-refractivity contribution in [2.24, 2.45) is 0 Å². The van der Waals surface area contributed by atoms with Crippen LogP contribution in [0.4, 0.5) is 0 Å². The Kier molecular flexibility index (Phi) is 16.4. The molecular formula is C20H40NO6PS2. The molecule has 178 valence electrons. The lowest BCUT2D eigenvalue weighted by Gasteiger charge is -2.32. The van der Waals surface area contributed by atoms with Crippen LogP contribution in [0.15, 0.2) is 0 Å². The van der Waals surface area contributed by atoms with E-state index in [1.165, 1.54) is 0 Å². The van der Waals surface area contributed by atoms with Crippen molar-refractivity contribution in [1.29, 1.82) is 0 Å². The number of carbonyl (C=O) groups is 2. The molecule has 0 saturated heterocycles. The number of ether oxygens (including phenoxy) is 2. The van der Waals surface area contributed by atoms with Gasteiger partial charge in [-0.3, -0.25) is 9.59 Å². The van der Waals surface area contributed by atoms with Gasteiger partial charge in [0.05, 0.1) is 33.4 Å². The molecule has 0 fully saturated rings. The van der Waals surface area contributed by atoms with Crippen molar-refractivity contribution < 1.29 is 32.6 Å². The Labute approximate surface area is 193 Å². The molecule has 30 heavy (non-hydrogen) atoms. The first kappa shape index (κ1) is 29.8. The highest BCUT2D eigenvalue weighted by Gasteiger charge is 2.19. The molecule has 0 aliphatic carbocycles. The highest BCUT2D eigenvalue weighted by molar-refractivity contribution is 8.51. The Morgan fingerprint density at radius 2 is 1.50 bits per heavy atom. The Morgan fingerprint density at radius 1 is 0.933 bits per heavy atom. The van der Waals surface area contributed by atoms with E-state index in [2.05, 4.69) is 13.8 Å². The van der Waals surface area contributed by atoms with Crippen molar-refractivity contribution >= 4 is 41.7 Å². The van der Waals surface area contributed by atoms with Crippen molar-refractivity contribution in [1.82, 2.24) is 0 Å². The van der Waals surface area contributed by atoms with Gasteiger partial charge >= 0.3 is 11.9 Å². The largest absolute Gasteiger partial charge is 0.691 e. The van der Waals surface area contributed by atoms with E-state index in [0.717, 1.165) is 49.6 Å². The van der Waals surface area contributed by atoms with Gasteiger partial charge in [-0.1, -0.05) is 51.3 Å². The summed E-state index contributed by atoms with van der Waals surface area (Å²) in [5.74, 6) is -0.657. The maximum atomic E-state index is 12.1. The van der Waals surface area contributed by atoms with Gasteiger partial charge in [0.1, 0.15) is 19.8 Å². The molecule has 0 aromatic rings. The Morgan fingerprint density at radius 3 is 2.03 bits per heavy atom. The summed E-state index contributed by atoms with van der Waals surface area (Å²) in [6.45, 7) is 5.13. The molecule has 0 spiro atoms. The minimum absolute atomic E-state index is 0.0487. The van der Waals surface area contributed by atoms with Gasteiger partial charge < -0.3 is 35.3 Å². The van der Waals surface area contributed by atoms with Crippen LogP contribution in [0.5, 0.6) is 0 Å². The van der Waals surface area contributed by atoms with E-state index in [-0.39, 0.29) is 25.2 Å². The third-order valence-electron chi connectivity index (χ3n) is 4.13. The molecule has 0 aromatic heterocycles. The molecule has 0 amide bonds. The fraction of sp³-hybridized carbons (Fsp3) is 0.900. The zero-order valence-electron chi connectivity index (χ0n) is 19.2. The van der Waals surface area contributed by atoms with Crippen LogP contribution in [-0.2, 0) is 52.2 Å². The number of likely N-dealkylation sites (N-methyl/N-ethyl adjacent to an activating group) is 1. The van der Waals surface area contributed by atoms with E-state index in [1.54, 1.807) is 0 Å². The molecule has 10 heteroatoms. The fourth-order valence-corrected chi connectivity index (χ4v) is 3.84. The number of rotatable bonds is 18. The van der Waals surface area contributed by atoms with Crippen molar-refractivity contribution in [2.45, 2.75) is 71.3 Å². The molecule has 0 saturated carbocycles. The van der Waals surface area contributed by atoms with Gasteiger partial charge in [-0.05, 0) is 12.8 Å². The van der Waals surface area contributed by atoms with Crippen LogP contribution in [0, 0.1) is 0 Å². The zero-order valence-corrected chi connectivity index (χ0v) is 21.8. The topological polar surface area (TPSA) is 71.1 Å². The lowest BCUT2D eigenvalue weighted by molar-refractivity contribution is -0.870. The summed E-state index contributed by atoms with van der Waals surface area (Å²) in [4.78, 5) is 24.0. The lowest BCUT2D eigenvalue weighted by Crippen LogP contribution is -2.37. The number of hydrogen-bond donors (Lipinski definition) is 0. The molecule has 0 radical (unpaired) electrons. The summed E-state index contributed by atoms with van der Waals surface area (Å²) < 4.78 is 22.6. The van der Waals surface area contributed by atoms with Crippen LogP contribution in [0.1, 0.15) is 65.2 Å². The average Bonchev–Trinajstić information content (AvgIpc) is 2.63. The van der Waals surface area contributed by atoms with Crippen LogP contribution in [0.25, 0.3) is 0 Å². The molecule has 1 unspecified atom stereocenters. The van der Waals surface area contributed by atoms with Gasteiger partial charge in [-0.15, -0.1) is 0 Å². The smallest absolute Gasteiger partial charge is 0.306 e. The Bertz CT molecular complexity index is 542. The van der Waals surface area contributed by atoms with Gasteiger partial charge in [0.15, 0.2) is 6.10 Å². The maximum absolute atomic E-state index is 12.1. The number of quaternary nitrogens is 1. The first-order valence-corrected chi connectivity index (χ1v) is 14.4. The van der Waals surface area contributed by atoms with E-state index in [4.69, 9.17) is 42.6 Å². The maximum Gasteiger partial charge on any atom is 0.306 e. The molecule has 7 nitrogen and oxygen atoms in total. The number of esters is 2. The number of hydrogen-bond acceptors (Lipinski definition) is 8. The highest BCUT2D eigenvalue weighted by atomic mass is 32.9. The quantitative estimate of drug-likeness (QED) is 0.0944. The van der Waals surface area contributed by atoms with E-state index in [1.807, 2.05) is 21.1 Å². The Hall–Kier alpha value is -0.180. The molecule has 0 aliphatic heterocycles. The van der Waals surface area contributed by atoms with Gasteiger partial charge in [-0.2, -0.15) is 0 Å². The second-order valence-electron chi connectivity index (χ2n) is 8.30. The van der Waals surface area contributed by atoms with Crippen LogP contribution in [0.3, 0.4) is 0 Å². The van der Waals surface area contributed by atoms with Crippen LogP contribution in [-0.4, -0.2) is 70.0 Å². The molecule has 0 bridgehead atoms. The zero-order chi connectivity index (χ0) is 23.0. The highest BCUT2D eigenvalue weighted by Crippen LogP contribution is 2.46. The van der Waals surface area contributed by atoms with Crippen molar-refractivity contribution in [3.63, 3.8) is 0 Å². The van der Waals surface area contributed by atoms with Gasteiger partial charge in [0, 0.05) is 12.8 Å². The van der Waals surface area contributed by atoms with E-state index in [9.17, 15) is 9.59 Å². The van der Waals surface area contributed by atoms with E-state index >= 15 is 0 Å². The van der Waals surface area contributed by atoms with Gasteiger partial charge in [0.2, 0.25) is 0 Å². The van der Waals surface area contributed by atoms with E-state index in [0.29, 0.717) is 19.4 Å². The summed E-state index contributed by atoms with van der Waals surface area (Å²) in [5, 5.41) is 0. The summed E-state index contributed by atoms with van der Waals surface area (Å²) in [6, 6.07) is 0. The minimum atomic E-state index is -2.90. The average molecular weight is 486 g/mol. The predicted octanol–water partition coefficient (Wildman–Crippen LogP) is 4.11. The Balaban J connectivity index is 4.63. The van der Waals surface area contributed by atoms with Crippen molar-refractivity contribution in [3.8, 4) is 0 Å². The van der Waals surface area contributed by atoms with Crippen molar-refractivity contribution in [2.75, 3.05) is 47.5 Å². The predicted molar refractivity (Wildman–Crippen MR) is 126 cm³/mol. The number of unbranched alkanes of at least 4 members (excludes halogenated alkanes) is 4. The second kappa shape index (κ2) is 16.5. The molecule has 0 aliphatic rings. The van der Waals surface area contributed by atoms with Crippen LogP contribution < -0.4 is 0 Å². The van der Waals surface area contributed by atoms with E-state index < -0.39 is 11.8 Å². The van der Waals surface area contributed by atoms with Crippen LogP contribution in [0.2, 0.25) is 0 Å². The number of nitrogens with zero attached hydrogens (tertiary/aromatic N) is 1. The SMILES string of the molecule is CCCCCC(=O)OC[C@H](COP(=S)([S-])OCC[N+](C)(C)C)OC(=O)CCCCC. The number of carbonyl (C=O) groups excluding carboxylic acids is 2. The normalized spacial score (nSPS) is 14.7. The third-order valence-corrected chi connectivity index (χ3v) is 6.36. The third kappa shape index (κ3) is 18.6. The monoisotopic (exact) mass is 485 g/mol. The fourth-order valence-electron chi connectivity index (χ4n) is 2.30. The van der Waals surface area contributed by atoms with Gasteiger partial charge in [0.25, 0.3) is 0 Å². The molecule has 2 atom stereocenters. The second-order valence-corrected chi connectivity index (χ2v) is 13.3. The standard InChI is InChI=1S/C20H40NO6PS2/c1-6-8-10-12-19(22)24-16-18(27-20(23)13-11-9-7-2)17-26-28(29,30)25-15-14-21(3,4)5/h18H,6-17H2,1-5H3/t18-/m1/s1. The van der Waals surface area contributed by atoms with Crippen LogP contribution >= 0.6 is 5.69 Å². The summed E-state index contributed by atoms with van der Waals surface area (Å²) in [7, 11) is 6.12. The molecule has 0 aromatic carbocycles. The summed E-state index contributed by atoms with van der Waals surface area (Å²) >= 11 is 10.6. The molecule has 0 heterocycles. The lowest BCUT2D eigenvalue weighted by atomic mass is 10.2. The minimum Gasteiger partial charge on any atom is -0.691 e. The first-order chi connectivity index (χ1) is 14.0. The van der Waals surface area contributed by atoms with Crippen molar-refractivity contribution in [3.05, 3.63) is 0 Å². The molecule has 0 rings (SSSR count). The summed E-state index contributed by atoms with van der Waals surface area (Å²) in [6.07, 6.45) is 5.41.